The van der Waals surface area contributed by atoms with Gasteiger partial charge < -0.3 is 10.1 Å². The largest absolute Gasteiger partial charge is 0.444 e. The average Bonchev–Trinajstić information content (AvgIpc) is 3.27. The maximum Gasteiger partial charge on any atom is 0.412 e. The van der Waals surface area contributed by atoms with Crippen LogP contribution in [0.2, 0.25) is 0 Å². The van der Waals surface area contributed by atoms with Gasteiger partial charge in [0.25, 0.3) is 5.91 Å². The second kappa shape index (κ2) is 10.2. The number of carbonyl (C=O) groups is 2. The average molecular weight is 512 g/mol. The number of thiol groups is 1. The van der Waals surface area contributed by atoms with E-state index in [4.69, 9.17) is 4.74 Å². The predicted molar refractivity (Wildman–Crippen MR) is 141 cm³/mol. The molecule has 0 unspecified atom stereocenters. The van der Waals surface area contributed by atoms with Crippen molar-refractivity contribution in [1.29, 1.82) is 0 Å². The molecule has 7 nitrogen and oxygen atoms in total. The summed E-state index contributed by atoms with van der Waals surface area (Å²) in [5, 5.41) is 5.53. The van der Waals surface area contributed by atoms with Gasteiger partial charge in [-0.05, 0) is 97.0 Å². The van der Waals surface area contributed by atoms with E-state index in [0.717, 1.165) is 24.1 Å². The summed E-state index contributed by atoms with van der Waals surface area (Å²) in [6, 6.07) is 17.8. The number of amides is 2. The predicted octanol–water partition coefficient (Wildman–Crippen LogP) is 5.38. The van der Waals surface area contributed by atoms with Crippen molar-refractivity contribution in [3.63, 3.8) is 0 Å². The first-order chi connectivity index (χ1) is 17.0. The first-order valence-corrected chi connectivity index (χ1v) is 13.6. The molecule has 0 bridgehead atoms. The molecule has 0 aromatic heterocycles. The lowest BCUT2D eigenvalue weighted by Crippen LogP contribution is -2.27. The number of ether oxygens (including phenoxy) is 1. The van der Waals surface area contributed by atoms with Crippen molar-refractivity contribution >= 4 is 33.5 Å². The third kappa shape index (κ3) is 6.16. The molecule has 0 atom stereocenters. The monoisotopic (exact) mass is 511 g/mol. The first-order valence-electron chi connectivity index (χ1n) is 11.7. The Kier molecular flexibility index (Phi) is 7.23. The highest BCUT2D eigenvalue weighted by molar-refractivity contribution is 8.01. The topological polar surface area (TPSA) is 96.5 Å². The molecular formula is C27H30FN3O4S. The minimum absolute atomic E-state index is 0.347. The van der Waals surface area contributed by atoms with Gasteiger partial charge in [0.05, 0.1) is 11.4 Å². The molecule has 0 saturated carbocycles. The van der Waals surface area contributed by atoms with E-state index in [1.807, 2.05) is 0 Å². The lowest BCUT2D eigenvalue weighted by atomic mass is 10.0. The van der Waals surface area contributed by atoms with E-state index in [1.54, 1.807) is 75.4 Å². The highest BCUT2D eigenvalue weighted by Crippen LogP contribution is 2.30. The van der Waals surface area contributed by atoms with Crippen LogP contribution in [0, 0.1) is 5.82 Å². The quantitative estimate of drug-likeness (QED) is 0.346. The van der Waals surface area contributed by atoms with Crippen LogP contribution >= 0.6 is 0 Å². The molecule has 36 heavy (non-hydrogen) atoms. The highest BCUT2D eigenvalue weighted by atomic mass is 32.3. The minimum atomic E-state index is -2.59. The molecule has 4 rings (SSSR count). The number of rotatable bonds is 5. The molecular weight excluding hydrogens is 481 g/mol. The van der Waals surface area contributed by atoms with Gasteiger partial charge in [0, 0.05) is 22.8 Å². The number of hydrogen-bond acceptors (Lipinski definition) is 4. The summed E-state index contributed by atoms with van der Waals surface area (Å²) in [5.41, 5.74) is 1.84. The standard InChI is InChI=1S/C27H30FN3O4S/c1-27(2,3)35-26(33)31-23-14-9-20(18-5-10-21(28)11-6-18)17-24(23)30-25(32)19-7-12-22(13-8-19)36(34)16-4-15-29-36/h5-14,17,36H,4,15-16H2,1-3H3,(H,29,34)(H,30,32)(H,31,33). The summed E-state index contributed by atoms with van der Waals surface area (Å²) in [4.78, 5) is 26.2. The van der Waals surface area contributed by atoms with E-state index in [9.17, 15) is 18.2 Å². The van der Waals surface area contributed by atoms with Crippen molar-refractivity contribution in [3.8, 4) is 11.1 Å². The molecule has 0 radical (unpaired) electrons. The van der Waals surface area contributed by atoms with Crippen LogP contribution in [-0.2, 0) is 14.9 Å². The minimum Gasteiger partial charge on any atom is -0.444 e. The summed E-state index contributed by atoms with van der Waals surface area (Å²) in [7, 11) is -2.59. The van der Waals surface area contributed by atoms with Gasteiger partial charge >= 0.3 is 6.09 Å². The molecule has 1 aliphatic heterocycles. The van der Waals surface area contributed by atoms with Crippen LogP contribution in [0.25, 0.3) is 11.1 Å². The Morgan fingerprint density at radius 2 is 1.58 bits per heavy atom. The van der Waals surface area contributed by atoms with Gasteiger partial charge in [-0.1, -0.05) is 18.2 Å². The molecule has 3 aromatic carbocycles. The third-order valence-electron chi connectivity index (χ3n) is 5.64. The molecule has 1 saturated heterocycles. The van der Waals surface area contributed by atoms with E-state index in [1.165, 1.54) is 12.1 Å². The van der Waals surface area contributed by atoms with Crippen LogP contribution in [0.15, 0.2) is 71.6 Å². The molecule has 1 heterocycles. The van der Waals surface area contributed by atoms with E-state index < -0.39 is 27.7 Å². The maximum absolute atomic E-state index is 13.4. The summed E-state index contributed by atoms with van der Waals surface area (Å²) in [6.45, 7) is 5.99. The lowest BCUT2D eigenvalue weighted by Gasteiger charge is -2.21. The zero-order chi connectivity index (χ0) is 25.9. The summed E-state index contributed by atoms with van der Waals surface area (Å²) < 4.78 is 34.8. The van der Waals surface area contributed by atoms with E-state index in [2.05, 4.69) is 15.4 Å². The fraction of sp³-hybridized carbons (Fsp3) is 0.259. The maximum atomic E-state index is 13.4. The van der Waals surface area contributed by atoms with Crippen LogP contribution in [0.1, 0.15) is 37.6 Å². The second-order valence-electron chi connectivity index (χ2n) is 9.62. The van der Waals surface area contributed by atoms with Gasteiger partial charge in [-0.25, -0.2) is 9.18 Å². The van der Waals surface area contributed by atoms with Crippen molar-refractivity contribution in [2.24, 2.45) is 0 Å². The van der Waals surface area contributed by atoms with Gasteiger partial charge in [-0.3, -0.25) is 19.0 Å². The summed E-state index contributed by atoms with van der Waals surface area (Å²) >= 11 is 0. The van der Waals surface area contributed by atoms with Crippen LogP contribution in [-0.4, -0.2) is 34.1 Å². The number of carbonyl (C=O) groups excluding carboxylic acids is 2. The Balaban J connectivity index is 1.60. The molecule has 190 valence electrons. The molecule has 1 aliphatic rings. The van der Waals surface area contributed by atoms with Crippen LogP contribution in [0.5, 0.6) is 0 Å². The van der Waals surface area contributed by atoms with Crippen molar-refractivity contribution in [2.75, 3.05) is 22.9 Å². The Hall–Kier alpha value is -3.56. The normalized spacial score (nSPS) is 15.7. The number of nitrogens with one attached hydrogen (secondary N) is 3. The smallest absolute Gasteiger partial charge is 0.412 e. The number of halogens is 1. The zero-order valence-corrected chi connectivity index (χ0v) is 21.3. The number of benzene rings is 3. The van der Waals surface area contributed by atoms with Crippen LogP contribution < -0.4 is 15.4 Å². The van der Waals surface area contributed by atoms with Gasteiger partial charge in [-0.15, -0.1) is 0 Å². The SMILES string of the molecule is CC(C)(C)OC(=O)Nc1ccc(-c2ccc(F)cc2)cc1NC(=O)c1ccc([SH]2(=O)CCCN2)cc1. The highest BCUT2D eigenvalue weighted by Gasteiger charge is 2.23. The van der Waals surface area contributed by atoms with Crippen molar-refractivity contribution < 1.29 is 22.9 Å². The third-order valence-corrected chi connectivity index (χ3v) is 8.46. The fourth-order valence-electron chi connectivity index (χ4n) is 3.90. The van der Waals surface area contributed by atoms with Gasteiger partial charge in [0.15, 0.2) is 0 Å². The molecule has 2 amide bonds. The molecule has 0 aliphatic carbocycles. The Labute approximate surface area is 211 Å². The van der Waals surface area contributed by atoms with E-state index in [-0.39, 0.29) is 5.82 Å². The Morgan fingerprint density at radius 1 is 0.917 bits per heavy atom. The van der Waals surface area contributed by atoms with E-state index >= 15 is 0 Å². The zero-order valence-electron chi connectivity index (χ0n) is 20.4. The van der Waals surface area contributed by atoms with Gasteiger partial charge in [0.2, 0.25) is 0 Å². The molecule has 3 N–H and O–H groups in total. The van der Waals surface area contributed by atoms with Gasteiger partial charge in [0.1, 0.15) is 11.4 Å². The van der Waals surface area contributed by atoms with Crippen molar-refractivity contribution in [1.82, 2.24) is 4.72 Å². The molecule has 9 heteroatoms. The molecule has 0 spiro atoms. The lowest BCUT2D eigenvalue weighted by molar-refractivity contribution is 0.0635. The number of hydrogen-bond donors (Lipinski definition) is 4. The number of anilines is 2. The molecule has 3 aromatic rings. The fourth-order valence-corrected chi connectivity index (χ4v) is 6.25. The molecule has 1 fully saturated rings. The van der Waals surface area contributed by atoms with Crippen molar-refractivity contribution in [2.45, 2.75) is 37.7 Å². The Bertz CT molecular complexity index is 1310. The van der Waals surface area contributed by atoms with Gasteiger partial charge in [-0.2, -0.15) is 0 Å². The van der Waals surface area contributed by atoms with Crippen molar-refractivity contribution in [3.05, 3.63) is 78.1 Å². The van der Waals surface area contributed by atoms with E-state index in [0.29, 0.717) is 27.6 Å². The Morgan fingerprint density at radius 3 is 2.19 bits per heavy atom. The summed E-state index contributed by atoms with van der Waals surface area (Å²) in [6.07, 6.45) is 0.197. The van der Waals surface area contributed by atoms with Crippen LogP contribution in [0.3, 0.4) is 0 Å². The second-order valence-corrected chi connectivity index (χ2v) is 12.4. The van der Waals surface area contributed by atoms with Crippen LogP contribution in [0.4, 0.5) is 20.6 Å². The first kappa shape index (κ1) is 25.5. The summed E-state index contributed by atoms with van der Waals surface area (Å²) in [5.74, 6) is -0.147.